The average molecular weight is 303 g/mol. The summed E-state index contributed by atoms with van der Waals surface area (Å²) in [6.45, 7) is 0.644. The molecule has 4 nitrogen and oxygen atoms in total. The summed E-state index contributed by atoms with van der Waals surface area (Å²) >= 11 is 6.26. The SMILES string of the molecule is CN(Cc1ccccn1)c1ccc(/C=C/C(=O)O)cc1Cl. The van der Waals surface area contributed by atoms with Crippen molar-refractivity contribution in [3.63, 3.8) is 0 Å². The fourth-order valence-corrected chi connectivity index (χ4v) is 2.26. The van der Waals surface area contributed by atoms with Crippen molar-refractivity contribution in [1.82, 2.24) is 4.98 Å². The minimum Gasteiger partial charge on any atom is -0.478 e. The Morgan fingerprint density at radius 1 is 1.38 bits per heavy atom. The second-order valence-corrected chi connectivity index (χ2v) is 4.97. The topological polar surface area (TPSA) is 53.4 Å². The highest BCUT2D eigenvalue weighted by atomic mass is 35.5. The van der Waals surface area contributed by atoms with Crippen molar-refractivity contribution in [2.75, 3.05) is 11.9 Å². The molecule has 108 valence electrons. The van der Waals surface area contributed by atoms with E-state index in [0.717, 1.165) is 23.0 Å². The first kappa shape index (κ1) is 15.1. The molecule has 0 aliphatic carbocycles. The Hall–Kier alpha value is -2.33. The Balaban J connectivity index is 2.15. The maximum Gasteiger partial charge on any atom is 0.328 e. The number of hydrogen-bond donors (Lipinski definition) is 1. The number of hydrogen-bond acceptors (Lipinski definition) is 3. The van der Waals surface area contributed by atoms with E-state index in [2.05, 4.69) is 4.98 Å². The second-order valence-electron chi connectivity index (χ2n) is 4.56. The maximum absolute atomic E-state index is 10.5. The molecule has 21 heavy (non-hydrogen) atoms. The van der Waals surface area contributed by atoms with Gasteiger partial charge in [-0.3, -0.25) is 4.98 Å². The van der Waals surface area contributed by atoms with Crippen LogP contribution >= 0.6 is 11.6 Å². The molecule has 0 amide bonds. The highest BCUT2D eigenvalue weighted by molar-refractivity contribution is 6.33. The number of aliphatic carboxylic acids is 1. The van der Waals surface area contributed by atoms with E-state index in [4.69, 9.17) is 16.7 Å². The van der Waals surface area contributed by atoms with Crippen LogP contribution in [0.15, 0.2) is 48.7 Å². The summed E-state index contributed by atoms with van der Waals surface area (Å²) in [5.41, 5.74) is 2.57. The molecule has 0 aliphatic heterocycles. The third kappa shape index (κ3) is 4.33. The molecule has 1 aromatic heterocycles. The van der Waals surface area contributed by atoms with Crippen molar-refractivity contribution in [1.29, 1.82) is 0 Å². The molecule has 0 atom stereocenters. The number of halogens is 1. The van der Waals surface area contributed by atoms with Crippen molar-refractivity contribution in [2.45, 2.75) is 6.54 Å². The largest absolute Gasteiger partial charge is 0.478 e. The van der Waals surface area contributed by atoms with Gasteiger partial charge < -0.3 is 10.0 Å². The minimum absolute atomic E-state index is 0.570. The van der Waals surface area contributed by atoms with Crippen LogP contribution in [0, 0.1) is 0 Å². The van der Waals surface area contributed by atoms with Gasteiger partial charge in [0, 0.05) is 19.3 Å². The van der Waals surface area contributed by atoms with E-state index in [1.54, 1.807) is 12.3 Å². The zero-order valence-corrected chi connectivity index (χ0v) is 12.3. The van der Waals surface area contributed by atoms with Crippen LogP contribution in [0.3, 0.4) is 0 Å². The van der Waals surface area contributed by atoms with Gasteiger partial charge in [-0.15, -0.1) is 0 Å². The van der Waals surface area contributed by atoms with Crippen LogP contribution < -0.4 is 4.90 Å². The molecule has 0 fully saturated rings. The van der Waals surface area contributed by atoms with Crippen LogP contribution in [0.25, 0.3) is 6.08 Å². The molecule has 5 heteroatoms. The van der Waals surface area contributed by atoms with Gasteiger partial charge in [0.2, 0.25) is 0 Å². The minimum atomic E-state index is -0.984. The lowest BCUT2D eigenvalue weighted by Crippen LogP contribution is -2.17. The summed E-state index contributed by atoms with van der Waals surface area (Å²) in [6.07, 6.45) is 4.35. The first-order chi connectivity index (χ1) is 10.1. The van der Waals surface area contributed by atoms with Gasteiger partial charge in [-0.25, -0.2) is 4.79 Å². The molecular formula is C16H15ClN2O2. The highest BCUT2D eigenvalue weighted by Crippen LogP contribution is 2.27. The molecular weight excluding hydrogens is 288 g/mol. The van der Waals surface area contributed by atoms with Gasteiger partial charge in [0.05, 0.1) is 22.9 Å². The first-order valence-electron chi connectivity index (χ1n) is 6.38. The number of carbonyl (C=O) groups is 1. The number of pyridine rings is 1. The van der Waals surface area contributed by atoms with Gasteiger partial charge in [-0.05, 0) is 35.9 Å². The Bertz CT molecular complexity index is 657. The Morgan fingerprint density at radius 3 is 2.81 bits per heavy atom. The van der Waals surface area contributed by atoms with Crippen LogP contribution in [0.1, 0.15) is 11.3 Å². The zero-order chi connectivity index (χ0) is 15.2. The molecule has 0 bridgehead atoms. The standard InChI is InChI=1S/C16H15ClN2O2/c1-19(11-13-4-2-3-9-18-13)15-7-5-12(10-14(15)17)6-8-16(20)21/h2-10H,11H2,1H3,(H,20,21)/b8-6+. The number of benzene rings is 1. The van der Waals surface area contributed by atoms with Crippen LogP contribution in [0.5, 0.6) is 0 Å². The predicted octanol–water partition coefficient (Wildman–Crippen LogP) is 3.47. The van der Waals surface area contributed by atoms with Crippen LogP contribution in [0.4, 0.5) is 5.69 Å². The number of rotatable bonds is 5. The summed E-state index contributed by atoms with van der Waals surface area (Å²) < 4.78 is 0. The van der Waals surface area contributed by atoms with Crippen molar-refractivity contribution in [3.05, 3.63) is 65.0 Å². The van der Waals surface area contributed by atoms with Gasteiger partial charge in [-0.1, -0.05) is 23.7 Å². The van der Waals surface area contributed by atoms with Crippen LogP contribution in [0.2, 0.25) is 5.02 Å². The molecule has 0 saturated heterocycles. The van der Waals surface area contributed by atoms with Gasteiger partial charge in [0.25, 0.3) is 0 Å². The molecule has 2 aromatic rings. The summed E-state index contributed by atoms with van der Waals surface area (Å²) in [5.74, 6) is -0.984. The molecule has 0 aliphatic rings. The van der Waals surface area contributed by atoms with Gasteiger partial charge in [0.15, 0.2) is 0 Å². The molecule has 0 radical (unpaired) electrons. The molecule has 1 heterocycles. The lowest BCUT2D eigenvalue weighted by Gasteiger charge is -2.20. The van der Waals surface area contributed by atoms with Gasteiger partial charge in [-0.2, -0.15) is 0 Å². The van der Waals surface area contributed by atoms with Crippen molar-refractivity contribution in [3.8, 4) is 0 Å². The Morgan fingerprint density at radius 2 is 2.19 bits per heavy atom. The van der Waals surface area contributed by atoms with E-state index in [9.17, 15) is 4.79 Å². The summed E-state index contributed by atoms with van der Waals surface area (Å²) in [5, 5.41) is 9.19. The van der Waals surface area contributed by atoms with E-state index in [0.29, 0.717) is 11.6 Å². The molecule has 2 rings (SSSR count). The molecule has 0 unspecified atom stereocenters. The van der Waals surface area contributed by atoms with Crippen molar-refractivity contribution >= 4 is 29.3 Å². The fourth-order valence-electron chi connectivity index (χ4n) is 1.92. The van der Waals surface area contributed by atoms with E-state index >= 15 is 0 Å². The highest BCUT2D eigenvalue weighted by Gasteiger charge is 2.07. The first-order valence-corrected chi connectivity index (χ1v) is 6.75. The number of aromatic nitrogens is 1. The Kier molecular flexibility index (Phi) is 4.95. The fraction of sp³-hybridized carbons (Fsp3) is 0.125. The number of anilines is 1. The maximum atomic E-state index is 10.5. The molecule has 1 N–H and O–H groups in total. The van der Waals surface area contributed by atoms with Crippen LogP contribution in [-0.4, -0.2) is 23.1 Å². The molecule has 0 spiro atoms. The second kappa shape index (κ2) is 6.90. The number of carboxylic acid groups (broad SMARTS) is 1. The lowest BCUT2D eigenvalue weighted by atomic mass is 10.1. The smallest absolute Gasteiger partial charge is 0.328 e. The molecule has 0 saturated carbocycles. The van der Waals surface area contributed by atoms with Gasteiger partial charge >= 0.3 is 5.97 Å². The number of nitrogens with zero attached hydrogens (tertiary/aromatic N) is 2. The van der Waals surface area contributed by atoms with Gasteiger partial charge in [0.1, 0.15) is 0 Å². The Labute approximate surface area is 128 Å². The van der Waals surface area contributed by atoms with Crippen molar-refractivity contribution < 1.29 is 9.90 Å². The quantitative estimate of drug-likeness (QED) is 0.859. The lowest BCUT2D eigenvalue weighted by molar-refractivity contribution is -0.131. The number of carboxylic acids is 1. The third-order valence-corrected chi connectivity index (χ3v) is 3.23. The third-order valence-electron chi connectivity index (χ3n) is 2.93. The summed E-state index contributed by atoms with van der Waals surface area (Å²) in [7, 11) is 1.93. The average Bonchev–Trinajstić information content (AvgIpc) is 2.46. The van der Waals surface area contributed by atoms with E-state index in [-0.39, 0.29) is 0 Å². The summed E-state index contributed by atoms with van der Waals surface area (Å²) in [4.78, 5) is 16.8. The zero-order valence-electron chi connectivity index (χ0n) is 11.5. The summed E-state index contributed by atoms with van der Waals surface area (Å²) in [6, 6.07) is 11.2. The predicted molar refractivity (Wildman–Crippen MR) is 84.5 cm³/mol. The van der Waals surface area contributed by atoms with E-state index in [1.165, 1.54) is 6.08 Å². The van der Waals surface area contributed by atoms with E-state index in [1.807, 2.05) is 42.3 Å². The monoisotopic (exact) mass is 302 g/mol. The van der Waals surface area contributed by atoms with E-state index < -0.39 is 5.97 Å². The van der Waals surface area contributed by atoms with Crippen molar-refractivity contribution in [2.24, 2.45) is 0 Å². The normalized spacial score (nSPS) is 10.8. The van der Waals surface area contributed by atoms with Crippen LogP contribution in [-0.2, 0) is 11.3 Å². The molecule has 1 aromatic carbocycles.